The van der Waals surface area contributed by atoms with Crippen molar-refractivity contribution in [2.45, 2.75) is 16.5 Å². The van der Waals surface area contributed by atoms with Crippen molar-refractivity contribution >= 4 is 34.0 Å². The van der Waals surface area contributed by atoms with Gasteiger partial charge in [-0.2, -0.15) is 0 Å². The van der Waals surface area contributed by atoms with Gasteiger partial charge in [-0.1, -0.05) is 23.1 Å². The molecule has 0 radical (unpaired) electrons. The van der Waals surface area contributed by atoms with E-state index in [1.54, 1.807) is 6.92 Å². The van der Waals surface area contributed by atoms with Crippen LogP contribution in [-0.4, -0.2) is 35.3 Å². The largest absolute Gasteiger partial charge is 0.353 e. The lowest BCUT2D eigenvalue weighted by Crippen LogP contribution is -2.13. The summed E-state index contributed by atoms with van der Waals surface area (Å²) in [5, 5.41) is 8.25. The van der Waals surface area contributed by atoms with Crippen molar-refractivity contribution in [1.82, 2.24) is 10.2 Å². The molecule has 1 aromatic heterocycles. The summed E-state index contributed by atoms with van der Waals surface area (Å²) in [7, 11) is 3.70. The lowest BCUT2D eigenvalue weighted by molar-refractivity contribution is 0.0993. The van der Waals surface area contributed by atoms with Gasteiger partial charge in [-0.05, 0) is 25.1 Å². The predicted molar refractivity (Wildman–Crippen MR) is 80.2 cm³/mol. The first-order chi connectivity index (χ1) is 9.88. The maximum Gasteiger partial charge on any atom is 0.208 e. The molecular formula is C13H13F2N3OS2. The van der Waals surface area contributed by atoms with Crippen LogP contribution in [-0.2, 0) is 0 Å². The number of ketones is 1. The van der Waals surface area contributed by atoms with Gasteiger partial charge in [0.05, 0.1) is 5.25 Å². The molecule has 0 saturated heterocycles. The quantitative estimate of drug-likeness (QED) is 0.622. The third-order valence-corrected chi connectivity index (χ3v) is 4.90. The first-order valence-electron chi connectivity index (χ1n) is 6.05. The molecule has 1 heterocycles. The van der Waals surface area contributed by atoms with E-state index in [1.807, 2.05) is 19.0 Å². The topological polar surface area (TPSA) is 46.1 Å². The second kappa shape index (κ2) is 6.48. The van der Waals surface area contributed by atoms with E-state index < -0.39 is 16.9 Å². The zero-order chi connectivity index (χ0) is 15.6. The van der Waals surface area contributed by atoms with Gasteiger partial charge in [0.1, 0.15) is 0 Å². The normalized spacial score (nSPS) is 12.2. The van der Waals surface area contributed by atoms with Crippen LogP contribution in [0, 0.1) is 11.6 Å². The van der Waals surface area contributed by atoms with Crippen molar-refractivity contribution in [2.24, 2.45) is 0 Å². The molecule has 1 unspecified atom stereocenters. The Hall–Kier alpha value is -1.54. The van der Waals surface area contributed by atoms with Crippen molar-refractivity contribution in [3.05, 3.63) is 35.4 Å². The van der Waals surface area contributed by atoms with Gasteiger partial charge >= 0.3 is 0 Å². The number of benzene rings is 1. The third kappa shape index (κ3) is 3.76. The van der Waals surface area contributed by atoms with Gasteiger partial charge in [-0.3, -0.25) is 4.79 Å². The Morgan fingerprint density at radius 3 is 2.57 bits per heavy atom. The van der Waals surface area contributed by atoms with Crippen LogP contribution in [0.15, 0.2) is 22.5 Å². The summed E-state index contributed by atoms with van der Waals surface area (Å²) in [6.07, 6.45) is 0. The Morgan fingerprint density at radius 1 is 1.29 bits per heavy atom. The SMILES string of the molecule is CC(Sc1nnc(N(C)C)s1)C(=O)c1ccc(F)c(F)c1. The van der Waals surface area contributed by atoms with Gasteiger partial charge in [-0.15, -0.1) is 10.2 Å². The Balaban J connectivity index is 2.09. The summed E-state index contributed by atoms with van der Waals surface area (Å²) >= 11 is 2.62. The molecule has 2 rings (SSSR count). The molecule has 0 spiro atoms. The molecular weight excluding hydrogens is 316 g/mol. The molecule has 0 aliphatic rings. The molecule has 0 bridgehead atoms. The number of hydrogen-bond donors (Lipinski definition) is 0. The lowest BCUT2D eigenvalue weighted by atomic mass is 10.1. The number of nitrogens with zero attached hydrogens (tertiary/aromatic N) is 3. The van der Waals surface area contributed by atoms with E-state index in [0.29, 0.717) is 4.34 Å². The number of carbonyl (C=O) groups is 1. The molecule has 4 nitrogen and oxygen atoms in total. The summed E-state index contributed by atoms with van der Waals surface area (Å²) in [5.41, 5.74) is 0.145. The van der Waals surface area contributed by atoms with Gasteiger partial charge in [0, 0.05) is 19.7 Å². The minimum atomic E-state index is -1.02. The Morgan fingerprint density at radius 2 is 2.00 bits per heavy atom. The number of rotatable bonds is 5. The van der Waals surface area contributed by atoms with E-state index in [1.165, 1.54) is 29.2 Å². The van der Waals surface area contributed by atoms with E-state index in [4.69, 9.17) is 0 Å². The van der Waals surface area contributed by atoms with Crippen LogP contribution in [0.5, 0.6) is 0 Å². The zero-order valence-corrected chi connectivity index (χ0v) is 13.3. The maximum atomic E-state index is 13.2. The highest BCUT2D eigenvalue weighted by atomic mass is 32.2. The van der Waals surface area contributed by atoms with Crippen molar-refractivity contribution in [3.8, 4) is 0 Å². The van der Waals surface area contributed by atoms with Gasteiger partial charge in [0.25, 0.3) is 0 Å². The summed E-state index contributed by atoms with van der Waals surface area (Å²) < 4.78 is 26.7. The number of aromatic nitrogens is 2. The monoisotopic (exact) mass is 329 g/mol. The molecule has 1 atom stereocenters. The first kappa shape index (κ1) is 15.8. The fraction of sp³-hybridized carbons (Fsp3) is 0.308. The summed E-state index contributed by atoms with van der Waals surface area (Å²) in [6, 6.07) is 3.15. The summed E-state index contributed by atoms with van der Waals surface area (Å²) in [4.78, 5) is 14.0. The maximum absolute atomic E-state index is 13.2. The van der Waals surface area contributed by atoms with Crippen LogP contribution in [0.2, 0.25) is 0 Å². The predicted octanol–water partition coefficient (Wildman–Crippen LogP) is 3.25. The van der Waals surface area contributed by atoms with Crippen molar-refractivity contribution in [3.63, 3.8) is 0 Å². The van der Waals surface area contributed by atoms with Crippen molar-refractivity contribution < 1.29 is 13.6 Å². The highest BCUT2D eigenvalue weighted by Gasteiger charge is 2.20. The van der Waals surface area contributed by atoms with Crippen molar-refractivity contribution in [1.29, 1.82) is 0 Å². The molecule has 0 aliphatic carbocycles. The van der Waals surface area contributed by atoms with Gasteiger partial charge < -0.3 is 4.90 Å². The van der Waals surface area contributed by atoms with Crippen LogP contribution >= 0.6 is 23.1 Å². The van der Waals surface area contributed by atoms with Gasteiger partial charge in [0.15, 0.2) is 21.8 Å². The second-order valence-electron chi connectivity index (χ2n) is 4.50. The standard InChI is InChI=1S/C13H13F2N3OS2/c1-7(20-13-17-16-12(21-13)18(2)3)11(19)8-4-5-9(14)10(15)6-8/h4-7H,1-3H3. The van der Waals surface area contributed by atoms with Crippen LogP contribution in [0.25, 0.3) is 0 Å². The van der Waals surface area contributed by atoms with Gasteiger partial charge in [-0.25, -0.2) is 8.78 Å². The van der Waals surface area contributed by atoms with E-state index in [2.05, 4.69) is 10.2 Å². The van der Waals surface area contributed by atoms with E-state index in [-0.39, 0.29) is 11.3 Å². The van der Waals surface area contributed by atoms with Crippen LogP contribution < -0.4 is 4.90 Å². The highest BCUT2D eigenvalue weighted by molar-refractivity contribution is 8.02. The average molecular weight is 329 g/mol. The molecule has 0 aliphatic heterocycles. The van der Waals surface area contributed by atoms with Crippen molar-refractivity contribution in [2.75, 3.05) is 19.0 Å². The summed E-state index contributed by atoms with van der Waals surface area (Å²) in [6.45, 7) is 1.70. The highest BCUT2D eigenvalue weighted by Crippen LogP contribution is 2.31. The lowest BCUT2D eigenvalue weighted by Gasteiger charge is -2.08. The smallest absolute Gasteiger partial charge is 0.208 e. The molecule has 0 fully saturated rings. The number of halogens is 2. The van der Waals surface area contributed by atoms with E-state index in [0.717, 1.165) is 17.3 Å². The molecule has 1 aromatic carbocycles. The number of anilines is 1. The molecule has 0 N–H and O–H groups in total. The van der Waals surface area contributed by atoms with E-state index >= 15 is 0 Å². The zero-order valence-electron chi connectivity index (χ0n) is 11.6. The Labute approximate surface area is 129 Å². The third-order valence-electron chi connectivity index (χ3n) is 2.63. The fourth-order valence-corrected chi connectivity index (χ4v) is 3.50. The number of thioether (sulfide) groups is 1. The fourth-order valence-electron chi connectivity index (χ4n) is 1.52. The molecule has 112 valence electrons. The van der Waals surface area contributed by atoms with Crippen LogP contribution in [0.1, 0.15) is 17.3 Å². The average Bonchev–Trinajstić information content (AvgIpc) is 2.89. The van der Waals surface area contributed by atoms with Crippen LogP contribution in [0.4, 0.5) is 13.9 Å². The Bertz CT molecular complexity index is 661. The Kier molecular flexibility index (Phi) is 4.89. The first-order valence-corrected chi connectivity index (χ1v) is 7.75. The molecule has 21 heavy (non-hydrogen) atoms. The minimum Gasteiger partial charge on any atom is -0.353 e. The number of hydrogen-bond acceptors (Lipinski definition) is 6. The van der Waals surface area contributed by atoms with E-state index in [9.17, 15) is 13.6 Å². The number of Topliss-reactive ketones (excluding diaryl/α,β-unsaturated/α-hetero) is 1. The summed E-state index contributed by atoms with van der Waals surface area (Å²) in [5.74, 6) is -2.27. The number of carbonyl (C=O) groups excluding carboxylic acids is 1. The minimum absolute atomic E-state index is 0.145. The molecule has 0 saturated carbocycles. The van der Waals surface area contributed by atoms with Crippen LogP contribution in [0.3, 0.4) is 0 Å². The van der Waals surface area contributed by atoms with Gasteiger partial charge in [0.2, 0.25) is 5.13 Å². The molecule has 0 amide bonds. The molecule has 2 aromatic rings. The molecule has 8 heteroatoms. The second-order valence-corrected chi connectivity index (χ2v) is 7.04.